The van der Waals surface area contributed by atoms with Crippen molar-refractivity contribution in [3.63, 3.8) is 0 Å². The van der Waals surface area contributed by atoms with Gasteiger partial charge in [-0.25, -0.2) is 4.68 Å². The number of ether oxygens (including phenoxy) is 1. The van der Waals surface area contributed by atoms with Crippen molar-refractivity contribution in [2.75, 3.05) is 19.7 Å². The van der Waals surface area contributed by atoms with Gasteiger partial charge in [-0.3, -0.25) is 4.79 Å². The van der Waals surface area contributed by atoms with Crippen LogP contribution in [0.25, 0.3) is 0 Å². The Kier molecular flexibility index (Phi) is 7.62. The molecule has 1 aromatic carbocycles. The second-order valence-electron chi connectivity index (χ2n) is 6.65. The van der Waals surface area contributed by atoms with E-state index in [2.05, 4.69) is 20.9 Å². The Hall–Kier alpha value is -2.12. The number of halogens is 1. The summed E-state index contributed by atoms with van der Waals surface area (Å²) in [6.45, 7) is 8.37. The summed E-state index contributed by atoms with van der Waals surface area (Å²) in [5, 5.41) is 14.7. The first-order valence-electron chi connectivity index (χ1n) is 9.26. The highest BCUT2D eigenvalue weighted by Gasteiger charge is 2.23. The van der Waals surface area contributed by atoms with Crippen LogP contribution in [0.15, 0.2) is 24.3 Å². The number of carbonyl (C=O) groups excluding carboxylic acids is 1. The molecule has 0 saturated carbocycles. The lowest BCUT2D eigenvalue weighted by Crippen LogP contribution is -2.31. The zero-order valence-corrected chi connectivity index (χ0v) is 16.9. The van der Waals surface area contributed by atoms with Crippen molar-refractivity contribution in [3.8, 4) is 5.75 Å². The quantitative estimate of drug-likeness (QED) is 0.788. The van der Waals surface area contributed by atoms with Crippen molar-refractivity contribution >= 4 is 18.3 Å². The molecule has 1 aromatic heterocycles. The van der Waals surface area contributed by atoms with Gasteiger partial charge in [0.05, 0.1) is 24.4 Å². The average molecular weight is 394 g/mol. The van der Waals surface area contributed by atoms with Crippen LogP contribution in [0.1, 0.15) is 60.5 Å². The molecule has 8 heteroatoms. The molecule has 1 aliphatic rings. The summed E-state index contributed by atoms with van der Waals surface area (Å²) in [5.74, 6) is 0.608. The van der Waals surface area contributed by atoms with E-state index in [9.17, 15) is 4.79 Å². The van der Waals surface area contributed by atoms with Crippen LogP contribution in [0.5, 0.6) is 5.75 Å². The van der Waals surface area contributed by atoms with Gasteiger partial charge in [-0.15, -0.1) is 17.5 Å². The molecule has 7 nitrogen and oxygen atoms in total. The van der Waals surface area contributed by atoms with E-state index in [0.717, 1.165) is 42.9 Å². The minimum atomic E-state index is -0.197. The molecule has 3 rings (SSSR count). The normalized spacial score (nSPS) is 15.7. The fourth-order valence-electron chi connectivity index (χ4n) is 3.34. The Bertz CT molecular complexity index is 758. The fraction of sp³-hybridized carbons (Fsp3) is 0.526. The Morgan fingerprint density at radius 1 is 1.41 bits per heavy atom. The molecule has 0 radical (unpaired) electrons. The number of nitrogens with zero attached hydrogens (tertiary/aromatic N) is 3. The predicted molar refractivity (Wildman–Crippen MR) is 107 cm³/mol. The van der Waals surface area contributed by atoms with Crippen LogP contribution in [0, 0.1) is 6.92 Å². The van der Waals surface area contributed by atoms with E-state index in [1.54, 1.807) is 0 Å². The lowest BCUT2D eigenvalue weighted by molar-refractivity contribution is 0.0934. The minimum absolute atomic E-state index is 0. The molecule has 1 aliphatic heterocycles. The Morgan fingerprint density at radius 2 is 2.15 bits per heavy atom. The monoisotopic (exact) mass is 393 g/mol. The Balaban J connectivity index is 0.00000261. The van der Waals surface area contributed by atoms with Crippen molar-refractivity contribution in [3.05, 3.63) is 41.2 Å². The summed E-state index contributed by atoms with van der Waals surface area (Å²) in [6, 6.07) is 7.94. The maximum absolute atomic E-state index is 12.7. The molecule has 27 heavy (non-hydrogen) atoms. The van der Waals surface area contributed by atoms with Crippen molar-refractivity contribution in [1.82, 2.24) is 25.6 Å². The van der Waals surface area contributed by atoms with Gasteiger partial charge in [0, 0.05) is 0 Å². The van der Waals surface area contributed by atoms with Crippen LogP contribution < -0.4 is 15.4 Å². The Labute approximate surface area is 166 Å². The molecule has 2 heterocycles. The van der Waals surface area contributed by atoms with Crippen LogP contribution in [0.3, 0.4) is 0 Å². The average Bonchev–Trinajstić information content (AvgIpc) is 3.04. The SMILES string of the molecule is CCOc1cccc(C(C)NC(=O)c2nnn(C3CCNCC3)c2C)c1.Cl. The van der Waals surface area contributed by atoms with Gasteiger partial charge in [-0.2, -0.15) is 0 Å². The predicted octanol–water partition coefficient (Wildman–Crippen LogP) is 2.82. The van der Waals surface area contributed by atoms with Crippen molar-refractivity contribution < 1.29 is 9.53 Å². The Morgan fingerprint density at radius 3 is 2.85 bits per heavy atom. The molecule has 2 aromatic rings. The van der Waals surface area contributed by atoms with Gasteiger partial charge in [0.15, 0.2) is 5.69 Å². The van der Waals surface area contributed by atoms with Crippen LogP contribution in [-0.4, -0.2) is 40.6 Å². The van der Waals surface area contributed by atoms with Gasteiger partial charge in [0.2, 0.25) is 0 Å². The zero-order valence-electron chi connectivity index (χ0n) is 16.1. The van der Waals surface area contributed by atoms with Crippen LogP contribution >= 0.6 is 12.4 Å². The van der Waals surface area contributed by atoms with E-state index >= 15 is 0 Å². The highest BCUT2D eigenvalue weighted by Crippen LogP contribution is 2.22. The van der Waals surface area contributed by atoms with E-state index < -0.39 is 0 Å². The smallest absolute Gasteiger partial charge is 0.274 e. The van der Waals surface area contributed by atoms with Crippen LogP contribution in [-0.2, 0) is 0 Å². The van der Waals surface area contributed by atoms with Gasteiger partial charge in [-0.05, 0) is 64.4 Å². The summed E-state index contributed by atoms with van der Waals surface area (Å²) in [5.41, 5.74) is 2.22. The van der Waals surface area contributed by atoms with Gasteiger partial charge in [-0.1, -0.05) is 17.3 Å². The first-order valence-corrected chi connectivity index (χ1v) is 9.26. The molecule has 0 aliphatic carbocycles. The minimum Gasteiger partial charge on any atom is -0.494 e. The van der Waals surface area contributed by atoms with Crippen molar-refractivity contribution in [1.29, 1.82) is 0 Å². The zero-order chi connectivity index (χ0) is 18.5. The molecule has 1 amide bonds. The van der Waals surface area contributed by atoms with Crippen molar-refractivity contribution in [2.24, 2.45) is 0 Å². The number of aromatic nitrogens is 3. The van der Waals surface area contributed by atoms with Crippen LogP contribution in [0.4, 0.5) is 0 Å². The van der Waals surface area contributed by atoms with E-state index in [4.69, 9.17) is 4.74 Å². The van der Waals surface area contributed by atoms with E-state index in [1.807, 2.05) is 49.7 Å². The molecule has 1 fully saturated rings. The molecule has 148 valence electrons. The summed E-state index contributed by atoms with van der Waals surface area (Å²) >= 11 is 0. The first kappa shape index (κ1) is 21.2. The number of piperidine rings is 1. The van der Waals surface area contributed by atoms with Crippen molar-refractivity contribution in [2.45, 2.75) is 45.7 Å². The second kappa shape index (κ2) is 9.71. The summed E-state index contributed by atoms with van der Waals surface area (Å²) in [7, 11) is 0. The molecular weight excluding hydrogens is 366 g/mol. The van der Waals surface area contributed by atoms with Gasteiger partial charge in [0.1, 0.15) is 5.75 Å². The third kappa shape index (κ3) is 4.99. The topological polar surface area (TPSA) is 81.1 Å². The molecule has 1 saturated heterocycles. The van der Waals surface area contributed by atoms with Gasteiger partial charge >= 0.3 is 0 Å². The maximum Gasteiger partial charge on any atom is 0.274 e. The third-order valence-corrected chi connectivity index (χ3v) is 4.81. The van der Waals surface area contributed by atoms with E-state index in [0.29, 0.717) is 18.3 Å². The number of hydrogen-bond acceptors (Lipinski definition) is 5. The van der Waals surface area contributed by atoms with Crippen LogP contribution in [0.2, 0.25) is 0 Å². The molecule has 0 bridgehead atoms. The lowest BCUT2D eigenvalue weighted by Gasteiger charge is -2.23. The molecule has 1 atom stereocenters. The summed E-state index contributed by atoms with van der Waals surface area (Å²) < 4.78 is 7.43. The fourth-order valence-corrected chi connectivity index (χ4v) is 3.34. The molecule has 1 unspecified atom stereocenters. The van der Waals surface area contributed by atoms with Gasteiger partial charge < -0.3 is 15.4 Å². The first-order chi connectivity index (χ1) is 12.6. The molecule has 2 N–H and O–H groups in total. The van der Waals surface area contributed by atoms with Gasteiger partial charge in [0.25, 0.3) is 5.91 Å². The number of carbonyl (C=O) groups is 1. The molecule has 0 spiro atoms. The number of rotatable bonds is 6. The highest BCUT2D eigenvalue weighted by atomic mass is 35.5. The molecular formula is C19H28ClN5O2. The lowest BCUT2D eigenvalue weighted by atomic mass is 10.1. The second-order valence-corrected chi connectivity index (χ2v) is 6.65. The highest BCUT2D eigenvalue weighted by molar-refractivity contribution is 5.93. The van der Waals surface area contributed by atoms with E-state index in [-0.39, 0.29) is 24.4 Å². The largest absolute Gasteiger partial charge is 0.494 e. The third-order valence-electron chi connectivity index (χ3n) is 4.81. The number of benzene rings is 1. The summed E-state index contributed by atoms with van der Waals surface area (Å²) in [6.07, 6.45) is 2.01. The summed E-state index contributed by atoms with van der Waals surface area (Å²) in [4.78, 5) is 12.7. The number of nitrogens with one attached hydrogen (secondary N) is 2. The maximum atomic E-state index is 12.7. The van der Waals surface area contributed by atoms with E-state index in [1.165, 1.54) is 0 Å². The number of hydrogen-bond donors (Lipinski definition) is 2. The standard InChI is InChI=1S/C19H27N5O2.ClH/c1-4-26-17-7-5-6-15(12-17)13(2)21-19(25)18-14(3)24(23-22-18)16-8-10-20-11-9-16;/h5-7,12-13,16,20H,4,8-11H2,1-3H3,(H,21,25);1H. The number of amides is 1.